The molecule has 0 bridgehead atoms. The largest absolute Gasteiger partial charge is 0.383 e. The van der Waals surface area contributed by atoms with E-state index in [4.69, 9.17) is 0 Å². The molecule has 0 spiro atoms. The van der Waals surface area contributed by atoms with Crippen LogP contribution >= 0.6 is 0 Å². The van der Waals surface area contributed by atoms with Gasteiger partial charge < -0.3 is 5.11 Å². The van der Waals surface area contributed by atoms with Crippen molar-refractivity contribution >= 4 is 0 Å². The van der Waals surface area contributed by atoms with Crippen LogP contribution in [0.15, 0.2) is 30.9 Å². The fourth-order valence-electron chi connectivity index (χ4n) is 4.30. The number of hydrogen-bond acceptors (Lipinski definition) is 3. The highest BCUT2D eigenvalue weighted by Gasteiger charge is 2.42. The lowest BCUT2D eigenvalue weighted by Gasteiger charge is -2.41. The van der Waals surface area contributed by atoms with Crippen LogP contribution in [0.2, 0.25) is 0 Å². The molecule has 0 amide bonds. The Kier molecular flexibility index (Phi) is 7.90. The highest BCUT2D eigenvalue weighted by atomic mass is 16.3. The molecule has 0 radical (unpaired) electrons. The molecule has 4 nitrogen and oxygen atoms in total. The van der Waals surface area contributed by atoms with Crippen LogP contribution in [-0.4, -0.2) is 19.9 Å². The van der Waals surface area contributed by atoms with E-state index in [9.17, 15) is 5.11 Å². The van der Waals surface area contributed by atoms with Crippen molar-refractivity contribution in [3.8, 4) is 0 Å². The molecule has 4 heteroatoms. The van der Waals surface area contributed by atoms with Crippen molar-refractivity contribution < 1.29 is 5.11 Å². The predicted octanol–water partition coefficient (Wildman–Crippen LogP) is 6.68. The lowest BCUT2D eigenvalue weighted by atomic mass is 9.71. The van der Waals surface area contributed by atoms with Gasteiger partial charge in [0.15, 0.2) is 0 Å². The quantitative estimate of drug-likeness (QED) is 0.498. The first-order valence-corrected chi connectivity index (χ1v) is 11.7. The molecule has 2 aromatic rings. The maximum atomic E-state index is 12.4. The zero-order valence-electron chi connectivity index (χ0n) is 20.5. The molecule has 1 aromatic carbocycles. The average Bonchev–Trinajstić information content (AvgIpc) is 3.19. The third kappa shape index (κ3) is 5.51. The summed E-state index contributed by atoms with van der Waals surface area (Å²) >= 11 is 0. The normalized spacial score (nSPS) is 15.8. The molecule has 0 fully saturated rings. The highest BCUT2D eigenvalue weighted by Crippen LogP contribution is 2.45. The van der Waals surface area contributed by atoms with E-state index in [-0.39, 0.29) is 16.9 Å². The first-order chi connectivity index (χ1) is 13.9. The van der Waals surface area contributed by atoms with E-state index >= 15 is 0 Å². The Bertz CT molecular complexity index is 784. The second kappa shape index (κ2) is 9.64. The van der Waals surface area contributed by atoms with E-state index in [1.54, 1.807) is 12.7 Å². The van der Waals surface area contributed by atoms with Gasteiger partial charge in [-0.1, -0.05) is 99.3 Å². The van der Waals surface area contributed by atoms with E-state index in [0.29, 0.717) is 0 Å². The van der Waals surface area contributed by atoms with Crippen LogP contribution in [0.5, 0.6) is 0 Å². The standard InChI is InChI=1S/C26H43N3O/c1-9-11-13-23(29-19-27-18-28-29)26(30,16-12-10-2)21-15-14-20(24(3,4)5)17-22(21)25(6,7)8/h14-15,17-19,23,30H,9-13,16H2,1-8H3. The van der Waals surface area contributed by atoms with Gasteiger partial charge in [0, 0.05) is 0 Å². The van der Waals surface area contributed by atoms with Crippen molar-refractivity contribution in [2.75, 3.05) is 0 Å². The molecular weight excluding hydrogens is 370 g/mol. The number of rotatable bonds is 9. The number of aromatic nitrogens is 3. The number of hydrogen-bond donors (Lipinski definition) is 1. The van der Waals surface area contributed by atoms with Crippen molar-refractivity contribution in [1.29, 1.82) is 0 Å². The SMILES string of the molecule is CCCCC(n1cncn1)C(O)(CCCC)c1ccc(C(C)(C)C)cc1C(C)(C)C. The number of nitrogens with zero attached hydrogens (tertiary/aromatic N) is 3. The Balaban J connectivity index is 2.72. The topological polar surface area (TPSA) is 50.9 Å². The molecule has 30 heavy (non-hydrogen) atoms. The van der Waals surface area contributed by atoms with Crippen LogP contribution in [0.1, 0.15) is 117 Å². The number of aliphatic hydroxyl groups is 1. The summed E-state index contributed by atoms with van der Waals surface area (Å²) in [5.41, 5.74) is 2.59. The van der Waals surface area contributed by atoms with E-state index in [0.717, 1.165) is 44.1 Å². The van der Waals surface area contributed by atoms with Gasteiger partial charge in [-0.3, -0.25) is 0 Å². The number of unbranched alkanes of at least 4 members (excludes halogenated alkanes) is 2. The fraction of sp³-hybridized carbons (Fsp3) is 0.692. The van der Waals surface area contributed by atoms with Crippen molar-refractivity contribution in [2.45, 2.75) is 116 Å². The Morgan fingerprint density at radius 2 is 1.60 bits per heavy atom. The minimum Gasteiger partial charge on any atom is -0.383 e. The molecular formula is C26H43N3O. The molecule has 0 saturated carbocycles. The molecule has 1 heterocycles. The summed E-state index contributed by atoms with van der Waals surface area (Å²) < 4.78 is 1.88. The molecule has 2 rings (SSSR count). The average molecular weight is 414 g/mol. The first-order valence-electron chi connectivity index (χ1n) is 11.7. The number of benzene rings is 1. The molecule has 2 atom stereocenters. The van der Waals surface area contributed by atoms with Crippen LogP contribution in [0.3, 0.4) is 0 Å². The van der Waals surface area contributed by atoms with Gasteiger partial charge in [0.25, 0.3) is 0 Å². The highest BCUT2D eigenvalue weighted by molar-refractivity contribution is 5.43. The van der Waals surface area contributed by atoms with Gasteiger partial charge in [-0.15, -0.1) is 0 Å². The minimum absolute atomic E-state index is 0.0631. The minimum atomic E-state index is -0.988. The van der Waals surface area contributed by atoms with E-state index in [1.165, 1.54) is 11.1 Å². The summed E-state index contributed by atoms with van der Waals surface area (Å²) in [5, 5.41) is 16.9. The predicted molar refractivity (Wildman–Crippen MR) is 126 cm³/mol. The van der Waals surface area contributed by atoms with Gasteiger partial charge in [-0.25, -0.2) is 9.67 Å². The maximum absolute atomic E-state index is 12.4. The lowest BCUT2D eigenvalue weighted by Crippen LogP contribution is -2.40. The molecule has 1 N–H and O–H groups in total. The van der Waals surface area contributed by atoms with Gasteiger partial charge in [-0.2, -0.15) is 5.10 Å². The second-order valence-electron chi connectivity index (χ2n) is 10.8. The zero-order valence-corrected chi connectivity index (χ0v) is 20.5. The van der Waals surface area contributed by atoms with Crippen LogP contribution < -0.4 is 0 Å². The van der Waals surface area contributed by atoms with Gasteiger partial charge >= 0.3 is 0 Å². The van der Waals surface area contributed by atoms with E-state index in [1.807, 2.05) is 4.68 Å². The van der Waals surface area contributed by atoms with Gasteiger partial charge in [-0.05, 0) is 40.4 Å². The Morgan fingerprint density at radius 3 is 2.10 bits per heavy atom. The first kappa shape index (κ1) is 24.6. The summed E-state index contributed by atoms with van der Waals surface area (Å²) in [6.07, 6.45) is 9.09. The van der Waals surface area contributed by atoms with E-state index < -0.39 is 5.60 Å². The fourth-order valence-corrected chi connectivity index (χ4v) is 4.30. The lowest BCUT2D eigenvalue weighted by molar-refractivity contribution is -0.0374. The summed E-state index contributed by atoms with van der Waals surface area (Å²) in [6.45, 7) is 17.9. The summed E-state index contributed by atoms with van der Waals surface area (Å²) in [7, 11) is 0. The molecule has 1 aromatic heterocycles. The van der Waals surface area contributed by atoms with Crippen molar-refractivity contribution in [2.24, 2.45) is 0 Å². The Hall–Kier alpha value is -1.68. The summed E-state index contributed by atoms with van der Waals surface area (Å²) in [5.74, 6) is 0. The van der Waals surface area contributed by atoms with Gasteiger partial charge in [0.2, 0.25) is 0 Å². The summed E-state index contributed by atoms with van der Waals surface area (Å²) in [4.78, 5) is 4.20. The smallest absolute Gasteiger partial charge is 0.137 e. The Labute approximate surface area is 184 Å². The molecule has 0 aliphatic carbocycles. The van der Waals surface area contributed by atoms with Gasteiger partial charge in [0.05, 0.1) is 6.04 Å². The second-order valence-corrected chi connectivity index (χ2v) is 10.8. The molecule has 0 aliphatic rings. The van der Waals surface area contributed by atoms with Crippen LogP contribution in [0.25, 0.3) is 0 Å². The molecule has 0 saturated heterocycles. The summed E-state index contributed by atoms with van der Waals surface area (Å²) in [6, 6.07) is 6.59. The molecule has 2 unspecified atom stereocenters. The zero-order chi connectivity index (χ0) is 22.6. The third-order valence-electron chi connectivity index (χ3n) is 6.21. The van der Waals surface area contributed by atoms with Gasteiger partial charge in [0.1, 0.15) is 18.3 Å². The maximum Gasteiger partial charge on any atom is 0.137 e. The Morgan fingerprint density at radius 1 is 0.933 bits per heavy atom. The van der Waals surface area contributed by atoms with Crippen molar-refractivity contribution in [3.05, 3.63) is 47.5 Å². The van der Waals surface area contributed by atoms with E-state index in [2.05, 4.69) is 83.7 Å². The van der Waals surface area contributed by atoms with Crippen LogP contribution in [-0.2, 0) is 16.4 Å². The molecule has 0 aliphatic heterocycles. The van der Waals surface area contributed by atoms with Crippen LogP contribution in [0.4, 0.5) is 0 Å². The van der Waals surface area contributed by atoms with Crippen molar-refractivity contribution in [3.63, 3.8) is 0 Å². The van der Waals surface area contributed by atoms with Crippen LogP contribution in [0, 0.1) is 0 Å². The van der Waals surface area contributed by atoms with Crippen molar-refractivity contribution in [1.82, 2.24) is 14.8 Å². The third-order valence-corrected chi connectivity index (χ3v) is 6.21. The molecule has 168 valence electrons. The monoisotopic (exact) mass is 413 g/mol.